The van der Waals surface area contributed by atoms with Crippen molar-refractivity contribution < 1.29 is 9.47 Å². The minimum Gasteiger partial charge on any atom is -0.457 e. The summed E-state index contributed by atoms with van der Waals surface area (Å²) in [7, 11) is 0. The monoisotopic (exact) mass is 436 g/mol. The SMILES string of the molecule is Cc1ccc(Oc2ccc(C(C)(C)c3ccc(Oc4cccc(C)c4C)cc3)cc2)cc1C. The van der Waals surface area contributed by atoms with Crippen LogP contribution in [-0.4, -0.2) is 0 Å². The minimum atomic E-state index is -0.142. The molecule has 0 aliphatic carbocycles. The molecule has 0 radical (unpaired) electrons. The standard InChI is InChI=1S/C31H32O2/c1-21-10-15-29(20-23(21)3)32-27-16-11-25(12-17-27)31(5,6)26-13-18-28(19-14-26)33-30-9-7-8-22(2)24(30)4/h7-20H,1-6H3. The largest absolute Gasteiger partial charge is 0.457 e. The maximum Gasteiger partial charge on any atom is 0.130 e. The third kappa shape index (κ3) is 4.96. The molecule has 0 atom stereocenters. The molecule has 4 rings (SSSR count). The van der Waals surface area contributed by atoms with E-state index in [0.29, 0.717) is 0 Å². The van der Waals surface area contributed by atoms with Crippen molar-refractivity contribution in [2.75, 3.05) is 0 Å². The zero-order valence-electron chi connectivity index (χ0n) is 20.4. The molecule has 0 heterocycles. The Morgan fingerprint density at radius 3 is 1.64 bits per heavy atom. The van der Waals surface area contributed by atoms with Gasteiger partial charge in [-0.15, -0.1) is 0 Å². The highest BCUT2D eigenvalue weighted by Crippen LogP contribution is 2.35. The van der Waals surface area contributed by atoms with Crippen LogP contribution in [0.25, 0.3) is 0 Å². The van der Waals surface area contributed by atoms with Gasteiger partial charge in [-0.3, -0.25) is 0 Å². The first kappa shape index (κ1) is 22.7. The molecule has 168 valence electrons. The van der Waals surface area contributed by atoms with E-state index in [9.17, 15) is 0 Å². The van der Waals surface area contributed by atoms with Gasteiger partial charge >= 0.3 is 0 Å². The van der Waals surface area contributed by atoms with Crippen molar-refractivity contribution in [3.05, 3.63) is 118 Å². The highest BCUT2D eigenvalue weighted by molar-refractivity contribution is 5.45. The Hall–Kier alpha value is -3.52. The van der Waals surface area contributed by atoms with Crippen LogP contribution in [0.2, 0.25) is 0 Å². The van der Waals surface area contributed by atoms with Crippen LogP contribution in [-0.2, 0) is 5.41 Å². The van der Waals surface area contributed by atoms with Crippen molar-refractivity contribution in [3.8, 4) is 23.0 Å². The van der Waals surface area contributed by atoms with Gasteiger partial charge in [0.15, 0.2) is 0 Å². The second-order valence-corrected chi connectivity index (χ2v) is 9.32. The first-order valence-corrected chi connectivity index (χ1v) is 11.4. The molecule has 0 aliphatic rings. The molecule has 2 nitrogen and oxygen atoms in total. The molecule has 0 amide bonds. The average Bonchev–Trinajstić information content (AvgIpc) is 2.80. The van der Waals surface area contributed by atoms with Gasteiger partial charge < -0.3 is 9.47 Å². The maximum absolute atomic E-state index is 6.13. The summed E-state index contributed by atoms with van der Waals surface area (Å²) in [6.07, 6.45) is 0. The first-order chi connectivity index (χ1) is 15.7. The number of rotatable bonds is 6. The molecule has 0 aromatic heterocycles. The second kappa shape index (κ2) is 9.15. The fourth-order valence-corrected chi connectivity index (χ4v) is 3.92. The van der Waals surface area contributed by atoms with E-state index in [4.69, 9.17) is 9.47 Å². The average molecular weight is 437 g/mol. The molecular formula is C31H32O2. The van der Waals surface area contributed by atoms with E-state index >= 15 is 0 Å². The Bertz CT molecular complexity index is 1250. The molecule has 0 spiro atoms. The van der Waals surface area contributed by atoms with Gasteiger partial charge in [-0.25, -0.2) is 0 Å². The summed E-state index contributed by atoms with van der Waals surface area (Å²) in [5.41, 5.74) is 7.23. The van der Waals surface area contributed by atoms with E-state index in [1.54, 1.807) is 0 Å². The van der Waals surface area contributed by atoms with Gasteiger partial charge in [0.1, 0.15) is 23.0 Å². The van der Waals surface area contributed by atoms with E-state index in [0.717, 1.165) is 23.0 Å². The van der Waals surface area contributed by atoms with Crippen LogP contribution in [0.4, 0.5) is 0 Å². The third-order valence-electron chi connectivity index (χ3n) is 6.65. The van der Waals surface area contributed by atoms with Gasteiger partial charge in [-0.2, -0.15) is 0 Å². The minimum absolute atomic E-state index is 0.142. The predicted octanol–water partition coefficient (Wildman–Crippen LogP) is 8.83. The van der Waals surface area contributed by atoms with Crippen molar-refractivity contribution >= 4 is 0 Å². The molecule has 0 unspecified atom stereocenters. The van der Waals surface area contributed by atoms with Crippen LogP contribution in [0, 0.1) is 27.7 Å². The fourth-order valence-electron chi connectivity index (χ4n) is 3.92. The van der Waals surface area contributed by atoms with Crippen molar-refractivity contribution in [3.63, 3.8) is 0 Å². The quantitative estimate of drug-likeness (QED) is 0.300. The highest BCUT2D eigenvalue weighted by atomic mass is 16.5. The zero-order chi connectivity index (χ0) is 23.6. The second-order valence-electron chi connectivity index (χ2n) is 9.32. The van der Waals surface area contributed by atoms with Crippen molar-refractivity contribution in [1.82, 2.24) is 0 Å². The topological polar surface area (TPSA) is 18.5 Å². The summed E-state index contributed by atoms with van der Waals surface area (Å²) in [5.74, 6) is 3.46. The molecule has 4 aromatic rings. The van der Waals surface area contributed by atoms with E-state index < -0.39 is 0 Å². The van der Waals surface area contributed by atoms with Gasteiger partial charge in [0.05, 0.1) is 0 Å². The number of ether oxygens (including phenoxy) is 2. The number of hydrogen-bond donors (Lipinski definition) is 0. The van der Waals surface area contributed by atoms with Crippen LogP contribution < -0.4 is 9.47 Å². The molecule has 0 fully saturated rings. The van der Waals surface area contributed by atoms with E-state index in [1.165, 1.54) is 33.4 Å². The Balaban J connectivity index is 1.49. The van der Waals surface area contributed by atoms with Gasteiger partial charge in [-0.1, -0.05) is 56.3 Å². The van der Waals surface area contributed by atoms with Crippen molar-refractivity contribution in [1.29, 1.82) is 0 Å². The molecule has 0 N–H and O–H groups in total. The molecule has 0 saturated carbocycles. The zero-order valence-corrected chi connectivity index (χ0v) is 20.4. The van der Waals surface area contributed by atoms with Crippen LogP contribution in [0.5, 0.6) is 23.0 Å². The Kier molecular flexibility index (Phi) is 6.29. The Morgan fingerprint density at radius 2 is 1.06 bits per heavy atom. The number of aryl methyl sites for hydroxylation is 3. The Labute approximate surface area is 197 Å². The Morgan fingerprint density at radius 1 is 0.515 bits per heavy atom. The van der Waals surface area contributed by atoms with E-state index in [2.05, 4.69) is 96.1 Å². The van der Waals surface area contributed by atoms with Crippen LogP contribution >= 0.6 is 0 Å². The van der Waals surface area contributed by atoms with Crippen LogP contribution in [0.15, 0.2) is 84.9 Å². The van der Waals surface area contributed by atoms with Crippen molar-refractivity contribution in [2.45, 2.75) is 47.0 Å². The predicted molar refractivity (Wildman–Crippen MR) is 137 cm³/mol. The summed E-state index contributed by atoms with van der Waals surface area (Å²) in [4.78, 5) is 0. The lowest BCUT2D eigenvalue weighted by molar-refractivity contribution is 0.477. The molecule has 4 aromatic carbocycles. The summed E-state index contributed by atoms with van der Waals surface area (Å²) in [6.45, 7) is 12.9. The van der Waals surface area contributed by atoms with E-state index in [1.807, 2.05) is 30.3 Å². The van der Waals surface area contributed by atoms with Crippen molar-refractivity contribution in [2.24, 2.45) is 0 Å². The summed E-state index contributed by atoms with van der Waals surface area (Å²) in [6, 6.07) is 29.1. The first-order valence-electron chi connectivity index (χ1n) is 11.4. The smallest absolute Gasteiger partial charge is 0.130 e. The third-order valence-corrected chi connectivity index (χ3v) is 6.65. The van der Waals surface area contributed by atoms with Gasteiger partial charge in [-0.05, 0) is 104 Å². The summed E-state index contributed by atoms with van der Waals surface area (Å²) in [5, 5.41) is 0. The maximum atomic E-state index is 6.13. The lowest BCUT2D eigenvalue weighted by Crippen LogP contribution is -2.18. The molecular weight excluding hydrogens is 404 g/mol. The van der Waals surface area contributed by atoms with E-state index in [-0.39, 0.29) is 5.41 Å². The van der Waals surface area contributed by atoms with Crippen LogP contribution in [0.3, 0.4) is 0 Å². The number of benzene rings is 4. The molecule has 0 bridgehead atoms. The number of hydrogen-bond acceptors (Lipinski definition) is 2. The summed E-state index contributed by atoms with van der Waals surface area (Å²) >= 11 is 0. The molecule has 0 saturated heterocycles. The highest BCUT2D eigenvalue weighted by Gasteiger charge is 2.23. The molecule has 0 aliphatic heterocycles. The van der Waals surface area contributed by atoms with Gasteiger partial charge in [0.2, 0.25) is 0 Å². The van der Waals surface area contributed by atoms with Gasteiger partial charge in [0, 0.05) is 5.41 Å². The normalized spacial score (nSPS) is 11.3. The van der Waals surface area contributed by atoms with Crippen LogP contribution in [0.1, 0.15) is 47.2 Å². The lowest BCUT2D eigenvalue weighted by atomic mass is 9.78. The fraction of sp³-hybridized carbons (Fsp3) is 0.226. The molecule has 2 heteroatoms. The summed E-state index contributed by atoms with van der Waals surface area (Å²) < 4.78 is 12.2. The van der Waals surface area contributed by atoms with Gasteiger partial charge in [0.25, 0.3) is 0 Å². The lowest BCUT2D eigenvalue weighted by Gasteiger charge is -2.26. The molecule has 33 heavy (non-hydrogen) atoms.